The zero-order valence-corrected chi connectivity index (χ0v) is 12.2. The van der Waals surface area contributed by atoms with Gasteiger partial charge in [-0.05, 0) is 5.92 Å². The molecule has 0 spiro atoms. The molecule has 2 heterocycles. The number of alkyl halides is 3. The highest BCUT2D eigenvalue weighted by Crippen LogP contribution is 2.30. The molecule has 0 bridgehead atoms. The predicted octanol–water partition coefficient (Wildman–Crippen LogP) is 1.86. The van der Waals surface area contributed by atoms with Crippen molar-refractivity contribution in [1.82, 2.24) is 14.9 Å². The van der Waals surface area contributed by atoms with E-state index in [0.29, 0.717) is 19.0 Å². The number of nitrogens with zero attached hydrogens (tertiary/aromatic N) is 4. The van der Waals surface area contributed by atoms with E-state index in [1.165, 1.54) is 0 Å². The van der Waals surface area contributed by atoms with Crippen LogP contribution in [0.25, 0.3) is 0 Å². The van der Waals surface area contributed by atoms with E-state index in [4.69, 9.17) is 5.73 Å². The first-order valence-electron chi connectivity index (χ1n) is 6.95. The van der Waals surface area contributed by atoms with Crippen LogP contribution < -0.4 is 10.6 Å². The Balaban J connectivity index is 2.08. The maximum absolute atomic E-state index is 12.7. The van der Waals surface area contributed by atoms with Crippen molar-refractivity contribution < 1.29 is 13.2 Å². The summed E-state index contributed by atoms with van der Waals surface area (Å²) < 4.78 is 38.2. The van der Waals surface area contributed by atoms with Gasteiger partial charge in [-0.25, -0.2) is 4.98 Å². The van der Waals surface area contributed by atoms with Gasteiger partial charge in [0.05, 0.1) is 0 Å². The Morgan fingerprint density at radius 3 is 2.33 bits per heavy atom. The number of anilines is 2. The van der Waals surface area contributed by atoms with Gasteiger partial charge in [-0.15, -0.1) is 0 Å². The van der Waals surface area contributed by atoms with Gasteiger partial charge in [0.15, 0.2) is 5.69 Å². The number of rotatable bonds is 3. The van der Waals surface area contributed by atoms with Crippen molar-refractivity contribution in [2.75, 3.05) is 43.4 Å². The van der Waals surface area contributed by atoms with Crippen molar-refractivity contribution in [3.05, 3.63) is 11.8 Å². The molecule has 1 fully saturated rings. The molecule has 0 atom stereocenters. The van der Waals surface area contributed by atoms with E-state index in [9.17, 15) is 13.2 Å². The second-order valence-electron chi connectivity index (χ2n) is 5.65. The molecular weight excluding hydrogens is 283 g/mol. The lowest BCUT2D eigenvalue weighted by molar-refractivity contribution is -0.141. The lowest BCUT2D eigenvalue weighted by Gasteiger charge is -2.36. The number of halogens is 3. The second-order valence-corrected chi connectivity index (χ2v) is 5.65. The van der Waals surface area contributed by atoms with Crippen molar-refractivity contribution in [2.45, 2.75) is 20.0 Å². The molecule has 1 aliphatic heterocycles. The first kappa shape index (κ1) is 15.8. The highest BCUT2D eigenvalue weighted by molar-refractivity contribution is 5.44. The molecule has 1 aliphatic rings. The fourth-order valence-corrected chi connectivity index (χ4v) is 2.44. The molecule has 118 valence electrons. The van der Waals surface area contributed by atoms with Gasteiger partial charge in [0.1, 0.15) is 5.82 Å². The Morgan fingerprint density at radius 2 is 1.81 bits per heavy atom. The molecule has 1 saturated heterocycles. The standard InChI is InChI=1S/C13H20F3N5/c1-9(2)8-20-3-5-21(6-4-20)11-7-10(13(14,15)16)18-12(17)19-11/h7,9H,3-6,8H2,1-2H3,(H2,17,18,19). The summed E-state index contributed by atoms with van der Waals surface area (Å²) in [6, 6.07) is 0.967. The number of nitrogen functional groups attached to an aromatic ring is 1. The van der Waals surface area contributed by atoms with Gasteiger partial charge in [-0.2, -0.15) is 18.2 Å². The zero-order chi connectivity index (χ0) is 15.6. The first-order chi connectivity index (χ1) is 9.75. The smallest absolute Gasteiger partial charge is 0.368 e. The van der Waals surface area contributed by atoms with E-state index in [0.717, 1.165) is 25.7 Å². The predicted molar refractivity (Wildman–Crippen MR) is 74.9 cm³/mol. The fraction of sp³-hybridized carbons (Fsp3) is 0.692. The molecule has 8 heteroatoms. The van der Waals surface area contributed by atoms with Gasteiger partial charge in [-0.1, -0.05) is 13.8 Å². The topological polar surface area (TPSA) is 58.3 Å². The van der Waals surface area contributed by atoms with Crippen LogP contribution in [0.3, 0.4) is 0 Å². The van der Waals surface area contributed by atoms with E-state index in [1.54, 1.807) is 0 Å². The maximum Gasteiger partial charge on any atom is 0.433 e. The summed E-state index contributed by atoms with van der Waals surface area (Å²) in [5.74, 6) is 0.478. The molecular formula is C13H20F3N5. The second kappa shape index (κ2) is 6.05. The maximum atomic E-state index is 12.7. The van der Waals surface area contributed by atoms with E-state index in [1.807, 2.05) is 4.90 Å². The third-order valence-corrected chi connectivity index (χ3v) is 3.34. The number of nitrogens with two attached hydrogens (primary N) is 1. The zero-order valence-electron chi connectivity index (χ0n) is 12.2. The van der Waals surface area contributed by atoms with E-state index < -0.39 is 11.9 Å². The van der Waals surface area contributed by atoms with E-state index in [-0.39, 0.29) is 11.8 Å². The van der Waals surface area contributed by atoms with Crippen LogP contribution in [-0.2, 0) is 6.18 Å². The average molecular weight is 303 g/mol. The van der Waals surface area contributed by atoms with E-state index >= 15 is 0 Å². The molecule has 5 nitrogen and oxygen atoms in total. The van der Waals surface area contributed by atoms with Crippen LogP contribution >= 0.6 is 0 Å². The molecule has 21 heavy (non-hydrogen) atoms. The first-order valence-corrected chi connectivity index (χ1v) is 6.95. The molecule has 1 aromatic rings. The number of hydrogen-bond acceptors (Lipinski definition) is 5. The van der Waals surface area contributed by atoms with Gasteiger partial charge in [0.2, 0.25) is 5.95 Å². The highest BCUT2D eigenvalue weighted by atomic mass is 19.4. The minimum atomic E-state index is -4.51. The minimum absolute atomic E-state index is 0.249. The van der Waals surface area contributed by atoms with Crippen LogP contribution in [0, 0.1) is 5.92 Å². The molecule has 2 rings (SSSR count). The van der Waals surface area contributed by atoms with Gasteiger partial charge in [-0.3, -0.25) is 4.90 Å². The summed E-state index contributed by atoms with van der Waals surface area (Å²) in [5.41, 5.74) is 4.41. The number of hydrogen-bond donors (Lipinski definition) is 1. The fourth-order valence-electron chi connectivity index (χ4n) is 2.44. The van der Waals surface area contributed by atoms with Crippen LogP contribution in [-0.4, -0.2) is 47.6 Å². The normalized spacial score (nSPS) is 17.5. The third kappa shape index (κ3) is 4.20. The summed E-state index contributed by atoms with van der Waals surface area (Å²) in [4.78, 5) is 11.3. The Bertz CT molecular complexity index is 481. The average Bonchev–Trinajstić information content (AvgIpc) is 2.37. The van der Waals surface area contributed by atoms with Crippen LogP contribution in [0.1, 0.15) is 19.5 Å². The van der Waals surface area contributed by atoms with Gasteiger partial charge in [0.25, 0.3) is 0 Å². The molecule has 0 saturated carbocycles. The largest absolute Gasteiger partial charge is 0.433 e. The van der Waals surface area contributed by atoms with Crippen molar-refractivity contribution in [2.24, 2.45) is 5.92 Å². The highest BCUT2D eigenvalue weighted by Gasteiger charge is 2.34. The quantitative estimate of drug-likeness (QED) is 0.923. The third-order valence-electron chi connectivity index (χ3n) is 3.34. The molecule has 2 N–H and O–H groups in total. The summed E-state index contributed by atoms with van der Waals surface area (Å²) in [6.45, 7) is 8.18. The van der Waals surface area contributed by atoms with Gasteiger partial charge in [0, 0.05) is 38.8 Å². The molecule has 1 aromatic heterocycles. The number of piperazine rings is 1. The van der Waals surface area contributed by atoms with Crippen LogP contribution in [0.2, 0.25) is 0 Å². The lowest BCUT2D eigenvalue weighted by atomic mass is 10.2. The van der Waals surface area contributed by atoms with Crippen LogP contribution in [0.4, 0.5) is 24.9 Å². The van der Waals surface area contributed by atoms with Gasteiger partial charge < -0.3 is 10.6 Å². The van der Waals surface area contributed by atoms with Crippen molar-refractivity contribution >= 4 is 11.8 Å². The van der Waals surface area contributed by atoms with E-state index in [2.05, 4.69) is 28.7 Å². The van der Waals surface area contributed by atoms with Crippen LogP contribution in [0.5, 0.6) is 0 Å². The monoisotopic (exact) mass is 303 g/mol. The van der Waals surface area contributed by atoms with Crippen molar-refractivity contribution in [3.8, 4) is 0 Å². The summed E-state index contributed by atoms with van der Waals surface area (Å²) in [6.07, 6.45) is -4.51. The molecule has 0 aromatic carbocycles. The SMILES string of the molecule is CC(C)CN1CCN(c2cc(C(F)(F)F)nc(N)n2)CC1. The Kier molecular flexibility index (Phi) is 4.55. The molecule has 0 radical (unpaired) electrons. The Morgan fingerprint density at radius 1 is 1.19 bits per heavy atom. The summed E-state index contributed by atoms with van der Waals surface area (Å²) >= 11 is 0. The lowest BCUT2D eigenvalue weighted by Crippen LogP contribution is -2.47. The summed E-state index contributed by atoms with van der Waals surface area (Å²) in [7, 11) is 0. The molecule has 0 amide bonds. The molecule has 0 unspecified atom stereocenters. The Hall–Kier alpha value is -1.57. The van der Waals surface area contributed by atoms with Gasteiger partial charge >= 0.3 is 6.18 Å². The van der Waals surface area contributed by atoms with Crippen LogP contribution in [0.15, 0.2) is 6.07 Å². The molecule has 0 aliphatic carbocycles. The number of aromatic nitrogens is 2. The Labute approximate surface area is 122 Å². The van der Waals surface area contributed by atoms with Crippen molar-refractivity contribution in [1.29, 1.82) is 0 Å². The minimum Gasteiger partial charge on any atom is -0.368 e. The van der Waals surface area contributed by atoms with Crippen molar-refractivity contribution in [3.63, 3.8) is 0 Å². The summed E-state index contributed by atoms with van der Waals surface area (Å²) in [5, 5.41) is 0.